The van der Waals surface area contributed by atoms with Gasteiger partial charge in [-0.2, -0.15) is 0 Å². The van der Waals surface area contributed by atoms with E-state index >= 15 is 0 Å². The molecule has 0 aromatic heterocycles. The van der Waals surface area contributed by atoms with Gasteiger partial charge in [0.15, 0.2) is 6.10 Å². The molecule has 0 radical (unpaired) electrons. The zero-order valence-electron chi connectivity index (χ0n) is 40.4. The highest BCUT2D eigenvalue weighted by molar-refractivity contribution is 7.47. The molecule has 13 atom stereocenters. The Bertz CT molecular complexity index is 1530. The number of cyclic esters (lactones) is 1. The van der Waals surface area contributed by atoms with E-state index in [0.717, 1.165) is 51.0 Å². The van der Waals surface area contributed by atoms with Crippen LogP contribution in [0.5, 0.6) is 0 Å². The third kappa shape index (κ3) is 26.2. The van der Waals surface area contributed by atoms with Gasteiger partial charge in [-0.15, -0.1) is 0 Å². The molecule has 2 aliphatic rings. The first-order chi connectivity index (χ1) is 32.3. The molecular weight excluding hydrogens is 930 g/mol. The van der Waals surface area contributed by atoms with Crippen molar-refractivity contribution in [1.29, 1.82) is 0 Å². The van der Waals surface area contributed by atoms with Crippen LogP contribution in [-0.2, 0) is 41.8 Å². The van der Waals surface area contributed by atoms with E-state index in [1.807, 2.05) is 6.92 Å². The number of fused-ring (bicyclic) bond motifs is 4. The van der Waals surface area contributed by atoms with Crippen LogP contribution in [0.1, 0.15) is 174 Å². The van der Waals surface area contributed by atoms with Crippen LogP contribution in [0.4, 0.5) is 0 Å². The lowest BCUT2D eigenvalue weighted by molar-refractivity contribution is -0.165. The third-order valence-corrected chi connectivity index (χ3v) is 14.1. The van der Waals surface area contributed by atoms with Crippen LogP contribution in [0.3, 0.4) is 0 Å². The summed E-state index contributed by atoms with van der Waals surface area (Å²) in [5.41, 5.74) is 0. The minimum Gasteiger partial charge on any atom is -0.462 e. The topological polar surface area (TPSA) is 317 Å². The maximum atomic E-state index is 13.8. The number of phosphoric ester groups is 2. The van der Waals surface area contributed by atoms with E-state index in [4.69, 9.17) is 23.0 Å². The van der Waals surface area contributed by atoms with Gasteiger partial charge in [0.25, 0.3) is 0 Å². The van der Waals surface area contributed by atoms with Gasteiger partial charge >= 0.3 is 27.6 Å². The standard InChI is InChI=1S/C47H86O19P2/c1-3-5-7-8-9-10-11-12-13-14-15-16-17-18-24-28-41(52)64-35-32-62-40(51)27-23-20-19-22-26-36-38(49)31-39(50)37(30-29-34(48)25-21-6-4-2)43(54)46(65-67(57,58)59)47(45(56)44(55)42(36)53)66-68(60,61)63-33-35/h19,22,29-30,34-39,42-50,53-56H,3-18,20-21,23-28,31-33H2,1-2H3,(H,60,61)(H2,57,58,59)/b22-19+,30-29+/t34-,35+,36-,37-,38-,39+,42+,43+,44-,45+,46+,47-/m0/s1. The molecule has 398 valence electrons. The van der Waals surface area contributed by atoms with Crippen molar-refractivity contribution in [2.45, 2.75) is 235 Å². The highest BCUT2D eigenvalue weighted by Gasteiger charge is 2.51. The van der Waals surface area contributed by atoms with Gasteiger partial charge in [0.2, 0.25) is 0 Å². The summed E-state index contributed by atoms with van der Waals surface area (Å²) in [4.78, 5) is 56.8. The number of hydrogen-bond donors (Lipinski definition) is 10. The van der Waals surface area contributed by atoms with Crippen molar-refractivity contribution < 1.29 is 92.2 Å². The van der Waals surface area contributed by atoms with Gasteiger partial charge in [-0.1, -0.05) is 147 Å². The first kappa shape index (κ1) is 62.5. The molecular formula is C47H86O19P2. The van der Waals surface area contributed by atoms with Gasteiger partial charge in [-0.05, 0) is 32.1 Å². The van der Waals surface area contributed by atoms with E-state index in [9.17, 15) is 69.1 Å². The Hall–Kier alpha value is -1.64. The van der Waals surface area contributed by atoms with Crippen molar-refractivity contribution in [3.63, 3.8) is 0 Å². The van der Waals surface area contributed by atoms with E-state index in [0.29, 0.717) is 19.3 Å². The lowest BCUT2D eigenvalue weighted by atomic mass is 9.83. The van der Waals surface area contributed by atoms with Gasteiger partial charge in [0.05, 0.1) is 37.1 Å². The number of ether oxygens (including phenoxy) is 2. The average Bonchev–Trinajstić information content (AvgIpc) is 3.28. The van der Waals surface area contributed by atoms with E-state index in [1.165, 1.54) is 69.9 Å². The Morgan fingerprint density at radius 1 is 0.794 bits per heavy atom. The Morgan fingerprint density at radius 2 is 1.37 bits per heavy atom. The number of aliphatic hydroxyl groups is 7. The predicted molar refractivity (Wildman–Crippen MR) is 252 cm³/mol. The number of aliphatic hydroxyl groups excluding tert-OH is 7. The first-order valence-corrected chi connectivity index (χ1v) is 28.2. The lowest BCUT2D eigenvalue weighted by Gasteiger charge is -2.38. The normalized spacial score (nSPS) is 31.9. The molecule has 0 aromatic rings. The molecule has 10 N–H and O–H groups in total. The van der Waals surface area contributed by atoms with E-state index in [2.05, 4.69) is 6.92 Å². The molecule has 68 heavy (non-hydrogen) atoms. The van der Waals surface area contributed by atoms with Gasteiger partial charge in [-0.25, -0.2) is 9.13 Å². The Labute approximate surface area is 403 Å². The monoisotopic (exact) mass is 1020 g/mol. The highest BCUT2D eigenvalue weighted by Crippen LogP contribution is 2.50. The van der Waals surface area contributed by atoms with Gasteiger partial charge < -0.3 is 59.9 Å². The van der Waals surface area contributed by atoms with Crippen LogP contribution in [0.15, 0.2) is 24.3 Å². The minimum atomic E-state index is -5.77. The van der Waals surface area contributed by atoms with Gasteiger partial charge in [0.1, 0.15) is 31.0 Å². The number of allylic oxidation sites excluding steroid dienone is 2. The SMILES string of the molecule is CCCCCCCCCCCCCCCCCC(=O)O[C@@H]1COC(=O)CCC/C=C/C[C@@H]2[C@@H](O)[C@H](O)[C@@H](O)[C@H](OP(=O)(O)OC1)[C@H](OP(=O)(O)O)[C@H](O)[C@@H](/C=C/[C@@H](O)CCCCC)[C@H](O)C[C@@H]2O. The van der Waals surface area contributed by atoms with Crippen molar-refractivity contribution in [3.8, 4) is 0 Å². The van der Waals surface area contributed by atoms with Crippen molar-refractivity contribution >= 4 is 27.6 Å². The van der Waals surface area contributed by atoms with Crippen molar-refractivity contribution in [1.82, 2.24) is 0 Å². The van der Waals surface area contributed by atoms with Crippen molar-refractivity contribution in [2.75, 3.05) is 13.2 Å². The molecule has 1 aliphatic carbocycles. The lowest BCUT2D eigenvalue weighted by Crippen LogP contribution is -2.56. The fourth-order valence-corrected chi connectivity index (χ4v) is 10.1. The Kier molecular flexibility index (Phi) is 31.9. The van der Waals surface area contributed by atoms with Crippen LogP contribution in [-0.4, -0.2) is 137 Å². The van der Waals surface area contributed by atoms with Crippen LogP contribution >= 0.6 is 15.6 Å². The fourth-order valence-electron chi connectivity index (χ4n) is 8.55. The summed E-state index contributed by atoms with van der Waals surface area (Å²) in [6.45, 7) is 2.58. The van der Waals surface area contributed by atoms with Crippen LogP contribution in [0.2, 0.25) is 0 Å². The number of rotatable bonds is 25. The smallest absolute Gasteiger partial charge is 0.462 e. The minimum absolute atomic E-state index is 0.0248. The molecule has 1 unspecified atom stereocenters. The van der Waals surface area contributed by atoms with Crippen LogP contribution < -0.4 is 0 Å². The number of hydrogen-bond acceptors (Lipinski definition) is 16. The molecule has 21 heteroatoms. The largest absolute Gasteiger partial charge is 0.472 e. The second-order valence-corrected chi connectivity index (χ2v) is 21.1. The fraction of sp³-hybridized carbons (Fsp3) is 0.872. The summed E-state index contributed by atoms with van der Waals surface area (Å²) in [7, 11) is -11.4. The third-order valence-electron chi connectivity index (χ3n) is 12.6. The van der Waals surface area contributed by atoms with Crippen LogP contribution in [0.25, 0.3) is 0 Å². The number of carbonyl (C=O) groups is 2. The molecule has 0 spiro atoms. The molecule has 2 bridgehead atoms. The predicted octanol–water partition coefficient (Wildman–Crippen LogP) is 6.11. The van der Waals surface area contributed by atoms with E-state index < -0.39 is 120 Å². The van der Waals surface area contributed by atoms with Crippen LogP contribution in [0, 0.1) is 11.8 Å². The number of phosphoric acid groups is 2. The molecule has 2 rings (SSSR count). The molecule has 0 saturated heterocycles. The number of esters is 2. The molecule has 0 aromatic carbocycles. The van der Waals surface area contributed by atoms with E-state index in [-0.39, 0.29) is 32.1 Å². The molecule has 1 aliphatic heterocycles. The molecule has 1 fully saturated rings. The zero-order chi connectivity index (χ0) is 50.5. The summed E-state index contributed by atoms with van der Waals surface area (Å²) < 4.78 is 52.3. The highest BCUT2D eigenvalue weighted by atomic mass is 31.2. The van der Waals surface area contributed by atoms with Gasteiger partial charge in [-0.3, -0.25) is 23.2 Å². The summed E-state index contributed by atoms with van der Waals surface area (Å²) in [5, 5.41) is 79.8. The summed E-state index contributed by atoms with van der Waals surface area (Å²) in [6, 6.07) is 0. The summed E-state index contributed by atoms with van der Waals surface area (Å²) in [5.74, 6) is -4.51. The maximum absolute atomic E-state index is 13.8. The Balaban J connectivity index is 2.33. The number of unbranched alkanes of at least 4 members (excludes halogenated alkanes) is 16. The second kappa shape index (κ2) is 34.7. The number of carbonyl (C=O) groups excluding carboxylic acids is 2. The summed E-state index contributed by atoms with van der Waals surface area (Å²) in [6.07, 6.45) is 3.43. The quantitative estimate of drug-likeness (QED) is 0.0213. The zero-order valence-corrected chi connectivity index (χ0v) is 42.2. The summed E-state index contributed by atoms with van der Waals surface area (Å²) >= 11 is 0. The maximum Gasteiger partial charge on any atom is 0.472 e. The second-order valence-electron chi connectivity index (χ2n) is 18.5. The Morgan fingerprint density at radius 3 is 1.96 bits per heavy atom. The van der Waals surface area contributed by atoms with Crippen molar-refractivity contribution in [2.24, 2.45) is 11.8 Å². The molecule has 0 amide bonds. The molecule has 1 saturated carbocycles. The molecule has 19 nitrogen and oxygen atoms in total. The van der Waals surface area contributed by atoms with E-state index in [1.54, 1.807) is 6.08 Å². The average molecular weight is 1020 g/mol. The molecule has 1 heterocycles. The van der Waals surface area contributed by atoms with Crippen molar-refractivity contribution in [3.05, 3.63) is 24.3 Å². The first-order valence-electron chi connectivity index (χ1n) is 25.1. The van der Waals surface area contributed by atoms with Gasteiger partial charge in [0, 0.05) is 31.1 Å².